The van der Waals surface area contributed by atoms with Crippen LogP contribution in [0.2, 0.25) is 5.02 Å². The topological polar surface area (TPSA) is 64.0 Å². The number of anilines is 1. The molecule has 1 aliphatic rings. The Kier molecular flexibility index (Phi) is 7.68. The molecule has 1 heterocycles. The zero-order chi connectivity index (χ0) is 25.9. The number of hydrogen-bond acceptors (Lipinski definition) is 4. The molecule has 1 aliphatic carbocycles. The van der Waals surface area contributed by atoms with Gasteiger partial charge in [0.25, 0.3) is 11.5 Å². The zero-order valence-corrected chi connectivity index (χ0v) is 22.7. The standard InChI is InChI=1S/C30H30ClN3O2S/c1-19-13-20(2)15-24(14-19)32-28(35)22-11-12-26-27(17-22)33-30(37-18-21-7-6-8-23(31)16-21)34(29(26)36)25-9-4-3-5-10-25/h6-8,11-17,25H,3-5,9-10,18H2,1-2H3,(H,32,35). The van der Waals surface area contributed by atoms with Crippen molar-refractivity contribution in [3.05, 3.63) is 98.3 Å². The van der Waals surface area contributed by atoms with Crippen LogP contribution < -0.4 is 10.9 Å². The van der Waals surface area contributed by atoms with Gasteiger partial charge >= 0.3 is 0 Å². The molecule has 0 spiro atoms. The van der Waals surface area contributed by atoms with Crippen LogP contribution in [0.25, 0.3) is 10.9 Å². The molecule has 1 fully saturated rings. The van der Waals surface area contributed by atoms with Crippen molar-refractivity contribution in [3.63, 3.8) is 0 Å². The number of aryl methyl sites for hydroxylation is 2. The number of fused-ring (bicyclic) bond motifs is 1. The van der Waals surface area contributed by atoms with E-state index in [4.69, 9.17) is 16.6 Å². The van der Waals surface area contributed by atoms with Crippen LogP contribution in [0.4, 0.5) is 5.69 Å². The lowest BCUT2D eigenvalue weighted by Crippen LogP contribution is -2.29. The van der Waals surface area contributed by atoms with Gasteiger partial charge in [0.05, 0.1) is 10.9 Å². The fourth-order valence-corrected chi connectivity index (χ4v) is 6.33. The highest BCUT2D eigenvalue weighted by Gasteiger charge is 2.22. The van der Waals surface area contributed by atoms with E-state index in [-0.39, 0.29) is 17.5 Å². The van der Waals surface area contributed by atoms with Crippen molar-refractivity contribution < 1.29 is 4.79 Å². The van der Waals surface area contributed by atoms with Crippen molar-refractivity contribution in [1.29, 1.82) is 0 Å². The Balaban J connectivity index is 1.51. The van der Waals surface area contributed by atoms with Crippen molar-refractivity contribution in [2.75, 3.05) is 5.32 Å². The first-order valence-corrected chi connectivity index (χ1v) is 14.1. The Morgan fingerprint density at radius 1 is 1.03 bits per heavy atom. The smallest absolute Gasteiger partial charge is 0.262 e. The first-order chi connectivity index (χ1) is 17.9. The minimum absolute atomic E-state index is 0.0354. The second kappa shape index (κ2) is 11.1. The van der Waals surface area contributed by atoms with Crippen molar-refractivity contribution in [2.45, 2.75) is 62.9 Å². The van der Waals surface area contributed by atoms with Crippen molar-refractivity contribution in [2.24, 2.45) is 0 Å². The molecule has 4 aromatic rings. The average molecular weight is 532 g/mol. The van der Waals surface area contributed by atoms with E-state index in [0.717, 1.165) is 48.1 Å². The molecule has 0 aliphatic heterocycles. The van der Waals surface area contributed by atoms with Gasteiger partial charge in [-0.25, -0.2) is 4.98 Å². The van der Waals surface area contributed by atoms with Gasteiger partial charge in [-0.2, -0.15) is 0 Å². The molecule has 37 heavy (non-hydrogen) atoms. The third-order valence-electron chi connectivity index (χ3n) is 6.81. The quantitative estimate of drug-likeness (QED) is 0.204. The molecule has 5 nitrogen and oxygen atoms in total. The number of carbonyl (C=O) groups is 1. The number of benzene rings is 3. The molecule has 0 atom stereocenters. The molecule has 0 saturated heterocycles. The molecule has 1 aromatic heterocycles. The molecule has 3 aromatic carbocycles. The van der Waals surface area contributed by atoms with E-state index in [2.05, 4.69) is 11.4 Å². The fourth-order valence-electron chi connectivity index (χ4n) is 5.11. The number of aromatic nitrogens is 2. The molecular formula is C30H30ClN3O2S. The Bertz CT molecular complexity index is 1510. The molecule has 1 N–H and O–H groups in total. The minimum Gasteiger partial charge on any atom is -0.322 e. The molecule has 5 rings (SSSR count). The minimum atomic E-state index is -0.224. The van der Waals surface area contributed by atoms with Crippen LogP contribution in [0.3, 0.4) is 0 Å². The molecular weight excluding hydrogens is 502 g/mol. The summed E-state index contributed by atoms with van der Waals surface area (Å²) in [6.45, 7) is 4.01. The van der Waals surface area contributed by atoms with Crippen molar-refractivity contribution in [3.8, 4) is 0 Å². The highest BCUT2D eigenvalue weighted by molar-refractivity contribution is 7.98. The number of halogens is 1. The van der Waals surface area contributed by atoms with Crippen LogP contribution in [-0.2, 0) is 5.75 Å². The van der Waals surface area contributed by atoms with Gasteiger partial charge in [0.2, 0.25) is 0 Å². The fraction of sp³-hybridized carbons (Fsp3) is 0.300. The molecule has 1 amide bonds. The maximum absolute atomic E-state index is 13.7. The highest BCUT2D eigenvalue weighted by atomic mass is 35.5. The number of nitrogens with one attached hydrogen (secondary N) is 1. The lowest BCUT2D eigenvalue weighted by Gasteiger charge is -2.26. The summed E-state index contributed by atoms with van der Waals surface area (Å²) in [5.41, 5.74) is 4.97. The maximum atomic E-state index is 13.7. The van der Waals surface area contributed by atoms with Crippen molar-refractivity contribution >= 4 is 45.9 Å². The summed E-state index contributed by atoms with van der Waals surface area (Å²) < 4.78 is 1.89. The van der Waals surface area contributed by atoms with Gasteiger partial charge in [0.15, 0.2) is 5.16 Å². The summed E-state index contributed by atoms with van der Waals surface area (Å²) in [6, 6.07) is 19.0. The Hall–Kier alpha value is -3.09. The number of nitrogens with zero attached hydrogens (tertiary/aromatic N) is 2. The van der Waals surface area contributed by atoms with Gasteiger partial charge in [0, 0.05) is 28.1 Å². The molecule has 1 saturated carbocycles. The largest absolute Gasteiger partial charge is 0.322 e. The van der Waals surface area contributed by atoms with Crippen LogP contribution >= 0.6 is 23.4 Å². The Labute approximate surface area is 226 Å². The predicted octanol–water partition coefficient (Wildman–Crippen LogP) is 7.72. The third kappa shape index (κ3) is 5.91. The SMILES string of the molecule is Cc1cc(C)cc(NC(=O)c2ccc3c(=O)n(C4CCCCC4)c(SCc4cccc(Cl)c4)nc3c2)c1. The zero-order valence-electron chi connectivity index (χ0n) is 21.1. The number of thioether (sulfide) groups is 1. The van der Waals surface area contributed by atoms with Gasteiger partial charge in [-0.15, -0.1) is 0 Å². The second-order valence-electron chi connectivity index (χ2n) is 9.84. The Morgan fingerprint density at radius 3 is 2.51 bits per heavy atom. The van der Waals surface area contributed by atoms with E-state index in [1.165, 1.54) is 6.42 Å². The summed E-state index contributed by atoms with van der Waals surface area (Å²) in [5, 5.41) is 4.90. The first kappa shape index (κ1) is 25.6. The lowest BCUT2D eigenvalue weighted by atomic mass is 9.95. The Morgan fingerprint density at radius 2 is 1.78 bits per heavy atom. The van der Waals surface area contributed by atoms with Gasteiger partial charge < -0.3 is 5.32 Å². The summed E-state index contributed by atoms with van der Waals surface area (Å²) in [5.74, 6) is 0.427. The van der Waals surface area contributed by atoms with E-state index in [9.17, 15) is 9.59 Å². The van der Waals surface area contributed by atoms with E-state index in [0.29, 0.717) is 32.4 Å². The molecule has 7 heteroatoms. The highest BCUT2D eigenvalue weighted by Crippen LogP contribution is 2.32. The first-order valence-electron chi connectivity index (χ1n) is 12.7. The summed E-state index contributed by atoms with van der Waals surface area (Å²) in [7, 11) is 0. The number of amides is 1. The van der Waals surface area contributed by atoms with Gasteiger partial charge in [-0.1, -0.05) is 60.8 Å². The van der Waals surface area contributed by atoms with Crippen LogP contribution in [0, 0.1) is 13.8 Å². The maximum Gasteiger partial charge on any atom is 0.262 e. The molecule has 190 valence electrons. The summed E-state index contributed by atoms with van der Waals surface area (Å²) in [6.07, 6.45) is 5.40. The summed E-state index contributed by atoms with van der Waals surface area (Å²) >= 11 is 7.73. The molecule has 0 bridgehead atoms. The monoisotopic (exact) mass is 531 g/mol. The van der Waals surface area contributed by atoms with Crippen LogP contribution in [0.15, 0.2) is 70.6 Å². The average Bonchev–Trinajstić information content (AvgIpc) is 2.87. The van der Waals surface area contributed by atoms with E-state index in [1.807, 2.05) is 54.8 Å². The lowest BCUT2D eigenvalue weighted by molar-refractivity contribution is 0.102. The third-order valence-corrected chi connectivity index (χ3v) is 8.07. The van der Waals surface area contributed by atoms with Crippen LogP contribution in [-0.4, -0.2) is 15.5 Å². The normalized spacial score (nSPS) is 14.1. The van der Waals surface area contributed by atoms with Gasteiger partial charge in [-0.05, 0) is 85.8 Å². The second-order valence-corrected chi connectivity index (χ2v) is 11.2. The predicted molar refractivity (Wildman–Crippen MR) is 153 cm³/mol. The van der Waals surface area contributed by atoms with Gasteiger partial charge in [0.1, 0.15) is 0 Å². The number of hydrogen-bond donors (Lipinski definition) is 1. The van der Waals surface area contributed by atoms with E-state index < -0.39 is 0 Å². The van der Waals surface area contributed by atoms with E-state index >= 15 is 0 Å². The van der Waals surface area contributed by atoms with Gasteiger partial charge in [-0.3, -0.25) is 14.2 Å². The van der Waals surface area contributed by atoms with Crippen molar-refractivity contribution in [1.82, 2.24) is 9.55 Å². The summed E-state index contributed by atoms with van der Waals surface area (Å²) in [4.78, 5) is 31.8. The van der Waals surface area contributed by atoms with Crippen LogP contribution in [0.5, 0.6) is 0 Å². The van der Waals surface area contributed by atoms with E-state index in [1.54, 1.807) is 30.0 Å². The van der Waals surface area contributed by atoms with Crippen LogP contribution in [0.1, 0.15) is 65.2 Å². The number of carbonyl (C=O) groups excluding carboxylic acids is 1. The molecule has 0 radical (unpaired) electrons. The number of rotatable bonds is 6. The molecule has 0 unspecified atom stereocenters.